The lowest BCUT2D eigenvalue weighted by molar-refractivity contribution is -0.132. The molecule has 3 heterocycles. The van der Waals surface area contributed by atoms with Gasteiger partial charge in [0, 0.05) is 49.9 Å². The number of carbonyl (C=O) groups is 1. The van der Waals surface area contributed by atoms with Crippen LogP contribution in [0.2, 0.25) is 0 Å². The zero-order chi connectivity index (χ0) is 21.5. The van der Waals surface area contributed by atoms with Gasteiger partial charge < -0.3 is 18.9 Å². The fourth-order valence-electron chi connectivity index (χ4n) is 3.98. The Morgan fingerprint density at radius 1 is 1.30 bits per heavy atom. The molecule has 8 heteroatoms. The summed E-state index contributed by atoms with van der Waals surface area (Å²) in [6, 6.07) is 0. The lowest BCUT2D eigenvalue weighted by atomic mass is 9.91. The van der Waals surface area contributed by atoms with Gasteiger partial charge in [-0.05, 0) is 40.0 Å². The van der Waals surface area contributed by atoms with E-state index < -0.39 is 0 Å². The zero-order valence-electron chi connectivity index (χ0n) is 18.4. The van der Waals surface area contributed by atoms with Gasteiger partial charge in [0.15, 0.2) is 0 Å². The molecule has 0 aromatic carbocycles. The summed E-state index contributed by atoms with van der Waals surface area (Å²) < 4.78 is 16.0. The molecule has 1 amide bonds. The number of likely N-dealkylation sites (tertiary alicyclic amines) is 1. The molecule has 164 valence electrons. The molecule has 1 fully saturated rings. The molecule has 0 saturated carbocycles. The Bertz CT molecular complexity index is 832. The van der Waals surface area contributed by atoms with Crippen LogP contribution in [0.15, 0.2) is 10.7 Å². The van der Waals surface area contributed by atoms with Gasteiger partial charge in [0.05, 0.1) is 31.2 Å². The number of nitrogens with zero attached hydrogens (tertiary/aromatic N) is 4. The summed E-state index contributed by atoms with van der Waals surface area (Å²) in [6.45, 7) is 8.72. The van der Waals surface area contributed by atoms with Crippen LogP contribution in [0.1, 0.15) is 59.3 Å². The molecule has 1 saturated heterocycles. The van der Waals surface area contributed by atoms with Crippen molar-refractivity contribution in [2.45, 2.75) is 59.0 Å². The highest BCUT2D eigenvalue weighted by molar-refractivity contribution is 5.76. The fourth-order valence-corrected chi connectivity index (χ4v) is 3.98. The third kappa shape index (κ3) is 5.64. The predicted octanol–water partition coefficient (Wildman–Crippen LogP) is 2.89. The molecule has 3 rings (SSSR count). The lowest BCUT2D eigenvalue weighted by Gasteiger charge is -2.33. The highest BCUT2D eigenvalue weighted by atomic mass is 16.5. The number of ether oxygens (including phenoxy) is 2. The minimum Gasteiger partial charge on any atom is -0.382 e. The highest BCUT2D eigenvalue weighted by Crippen LogP contribution is 2.29. The van der Waals surface area contributed by atoms with Crippen LogP contribution in [-0.4, -0.2) is 59.3 Å². The summed E-state index contributed by atoms with van der Waals surface area (Å²) in [6.07, 6.45) is 4.95. The number of hydrogen-bond donors (Lipinski definition) is 0. The van der Waals surface area contributed by atoms with Crippen molar-refractivity contribution >= 4 is 5.91 Å². The van der Waals surface area contributed by atoms with Crippen LogP contribution in [0, 0.1) is 20.8 Å². The molecule has 2 aromatic rings. The maximum Gasteiger partial charge on any atom is 0.222 e. The molecule has 1 aliphatic rings. The van der Waals surface area contributed by atoms with E-state index in [-0.39, 0.29) is 11.8 Å². The summed E-state index contributed by atoms with van der Waals surface area (Å²) in [5, 5.41) is 3.98. The number of methoxy groups -OCH3 is 1. The average molecular weight is 417 g/mol. The van der Waals surface area contributed by atoms with E-state index in [9.17, 15) is 4.79 Å². The van der Waals surface area contributed by atoms with E-state index in [1.165, 1.54) is 0 Å². The van der Waals surface area contributed by atoms with E-state index in [4.69, 9.17) is 19.0 Å². The zero-order valence-corrected chi connectivity index (χ0v) is 18.4. The second-order valence-corrected chi connectivity index (χ2v) is 7.85. The molecule has 8 nitrogen and oxygen atoms in total. The lowest BCUT2D eigenvalue weighted by Crippen LogP contribution is -2.39. The van der Waals surface area contributed by atoms with Gasteiger partial charge in [-0.3, -0.25) is 4.79 Å². The van der Waals surface area contributed by atoms with Crippen molar-refractivity contribution in [1.29, 1.82) is 0 Å². The van der Waals surface area contributed by atoms with Gasteiger partial charge in [-0.2, -0.15) is 0 Å². The molecule has 0 spiro atoms. The van der Waals surface area contributed by atoms with E-state index in [0.29, 0.717) is 39.2 Å². The standard InChI is InChI=1S/C22H32N4O4/c1-15-20(16(2)30-25-15)7-8-21(27)26-9-5-6-18(13-26)22-19(12-23-17(3)24-22)14-29-11-10-28-4/h12,18H,5-11,13-14H2,1-4H3. The summed E-state index contributed by atoms with van der Waals surface area (Å²) in [5.41, 5.74) is 3.90. The Morgan fingerprint density at radius 2 is 2.13 bits per heavy atom. The number of rotatable bonds is 9. The van der Waals surface area contributed by atoms with Crippen molar-refractivity contribution in [2.24, 2.45) is 0 Å². The number of aryl methyl sites for hydroxylation is 3. The normalized spacial score (nSPS) is 16.8. The van der Waals surface area contributed by atoms with Gasteiger partial charge in [-0.25, -0.2) is 9.97 Å². The third-order valence-electron chi connectivity index (χ3n) is 5.64. The molecule has 0 aliphatic carbocycles. The van der Waals surface area contributed by atoms with Crippen LogP contribution in [0.4, 0.5) is 0 Å². The Hall–Kier alpha value is -2.32. The topological polar surface area (TPSA) is 90.6 Å². The molecule has 30 heavy (non-hydrogen) atoms. The molecule has 1 atom stereocenters. The van der Waals surface area contributed by atoms with Crippen molar-refractivity contribution in [3.8, 4) is 0 Å². The van der Waals surface area contributed by atoms with Crippen LogP contribution in [0.3, 0.4) is 0 Å². The van der Waals surface area contributed by atoms with E-state index in [1.807, 2.05) is 31.9 Å². The van der Waals surface area contributed by atoms with Crippen LogP contribution < -0.4 is 0 Å². The maximum absolute atomic E-state index is 12.9. The van der Waals surface area contributed by atoms with Gasteiger partial charge in [-0.1, -0.05) is 5.16 Å². The summed E-state index contributed by atoms with van der Waals surface area (Å²) in [7, 11) is 1.66. The highest BCUT2D eigenvalue weighted by Gasteiger charge is 2.27. The minimum absolute atomic E-state index is 0.170. The summed E-state index contributed by atoms with van der Waals surface area (Å²) >= 11 is 0. The number of piperidine rings is 1. The molecule has 1 aliphatic heterocycles. The van der Waals surface area contributed by atoms with Gasteiger partial charge in [-0.15, -0.1) is 0 Å². The van der Waals surface area contributed by atoms with E-state index in [2.05, 4.69) is 10.1 Å². The first kappa shape index (κ1) is 22.4. The first-order chi connectivity index (χ1) is 14.5. The molecule has 0 radical (unpaired) electrons. The van der Waals surface area contributed by atoms with Crippen LogP contribution in [0.25, 0.3) is 0 Å². The monoisotopic (exact) mass is 416 g/mol. The van der Waals surface area contributed by atoms with E-state index in [1.54, 1.807) is 7.11 Å². The van der Waals surface area contributed by atoms with Crippen molar-refractivity contribution in [1.82, 2.24) is 20.0 Å². The van der Waals surface area contributed by atoms with Crippen molar-refractivity contribution in [3.63, 3.8) is 0 Å². The maximum atomic E-state index is 12.9. The van der Waals surface area contributed by atoms with E-state index in [0.717, 1.165) is 53.5 Å². The first-order valence-corrected chi connectivity index (χ1v) is 10.6. The van der Waals surface area contributed by atoms with Gasteiger partial charge in [0.25, 0.3) is 0 Å². The van der Waals surface area contributed by atoms with E-state index >= 15 is 0 Å². The molecule has 1 unspecified atom stereocenters. The second kappa shape index (κ2) is 10.6. The van der Waals surface area contributed by atoms with Crippen molar-refractivity contribution in [2.75, 3.05) is 33.4 Å². The molecule has 2 aromatic heterocycles. The molecule has 0 bridgehead atoms. The van der Waals surface area contributed by atoms with Crippen molar-refractivity contribution < 1.29 is 18.8 Å². The number of carbonyl (C=O) groups excluding carboxylic acids is 1. The first-order valence-electron chi connectivity index (χ1n) is 10.6. The molecular formula is C22H32N4O4. The van der Waals surface area contributed by atoms with Crippen molar-refractivity contribution in [3.05, 3.63) is 40.3 Å². The Morgan fingerprint density at radius 3 is 2.87 bits per heavy atom. The van der Waals surface area contributed by atoms with Crippen LogP contribution >= 0.6 is 0 Å². The number of amides is 1. The molecule has 0 N–H and O–H groups in total. The predicted molar refractivity (Wildman–Crippen MR) is 111 cm³/mol. The van der Waals surface area contributed by atoms with Gasteiger partial charge >= 0.3 is 0 Å². The average Bonchev–Trinajstić information content (AvgIpc) is 3.07. The van der Waals surface area contributed by atoms with Crippen LogP contribution in [-0.2, 0) is 27.3 Å². The smallest absolute Gasteiger partial charge is 0.222 e. The van der Waals surface area contributed by atoms with Gasteiger partial charge in [0.2, 0.25) is 5.91 Å². The number of hydrogen-bond acceptors (Lipinski definition) is 7. The Kier molecular flexibility index (Phi) is 7.93. The van der Waals surface area contributed by atoms with Gasteiger partial charge in [0.1, 0.15) is 11.6 Å². The number of aromatic nitrogens is 3. The second-order valence-electron chi connectivity index (χ2n) is 7.85. The summed E-state index contributed by atoms with van der Waals surface area (Å²) in [5.74, 6) is 1.91. The Labute approximate surface area is 178 Å². The molecular weight excluding hydrogens is 384 g/mol. The minimum atomic E-state index is 0.170. The van der Waals surface area contributed by atoms with Crippen LogP contribution in [0.5, 0.6) is 0 Å². The fraction of sp³-hybridized carbons (Fsp3) is 0.636. The SMILES string of the molecule is COCCOCc1cnc(C)nc1C1CCCN(C(=O)CCc2c(C)noc2C)C1. The third-order valence-corrected chi connectivity index (χ3v) is 5.64. The summed E-state index contributed by atoms with van der Waals surface area (Å²) in [4.78, 5) is 23.9. The Balaban J connectivity index is 1.63. The quantitative estimate of drug-likeness (QED) is 0.581. The largest absolute Gasteiger partial charge is 0.382 e.